The van der Waals surface area contributed by atoms with Crippen LogP contribution in [-0.2, 0) is 13.6 Å². The van der Waals surface area contributed by atoms with E-state index in [0.717, 1.165) is 36.8 Å². The van der Waals surface area contributed by atoms with Crippen molar-refractivity contribution in [1.82, 2.24) is 19.4 Å². The van der Waals surface area contributed by atoms with Crippen LogP contribution in [-0.4, -0.2) is 32.8 Å². The van der Waals surface area contributed by atoms with Crippen LogP contribution < -0.4 is 9.47 Å². The van der Waals surface area contributed by atoms with Gasteiger partial charge in [0, 0.05) is 32.1 Å². The maximum Gasteiger partial charge on any atom is 0.231 e. The molecule has 0 radical (unpaired) electrons. The van der Waals surface area contributed by atoms with Gasteiger partial charge in [0.2, 0.25) is 12.7 Å². The molecule has 1 fully saturated rings. The molecule has 152 valence electrons. The third-order valence-electron chi connectivity index (χ3n) is 5.71. The minimum absolute atomic E-state index is 0.203. The number of rotatable bonds is 4. The van der Waals surface area contributed by atoms with Crippen LogP contribution in [0.3, 0.4) is 0 Å². The Labute approximate surface area is 174 Å². The van der Waals surface area contributed by atoms with Gasteiger partial charge in [0.25, 0.3) is 0 Å². The molecule has 2 aliphatic rings. The van der Waals surface area contributed by atoms with Crippen molar-refractivity contribution in [2.24, 2.45) is 7.05 Å². The number of ether oxygens (including phenoxy) is 2. The number of hydrogen-bond donors (Lipinski definition) is 0. The number of piperidine rings is 1. The number of halogens is 1. The fourth-order valence-electron chi connectivity index (χ4n) is 4.13. The predicted octanol–water partition coefficient (Wildman–Crippen LogP) is 4.49. The molecule has 29 heavy (non-hydrogen) atoms. The molecule has 0 bridgehead atoms. The summed E-state index contributed by atoms with van der Waals surface area (Å²) in [5.41, 5.74) is 1.64. The average Bonchev–Trinajstić information content (AvgIpc) is 3.42. The van der Waals surface area contributed by atoms with Gasteiger partial charge >= 0.3 is 0 Å². The summed E-state index contributed by atoms with van der Waals surface area (Å²) in [5, 5.41) is 0.533. The molecule has 0 N–H and O–H groups in total. The summed E-state index contributed by atoms with van der Waals surface area (Å²) in [6.45, 7) is 3.89. The Bertz CT molecular complexity index is 1040. The van der Waals surface area contributed by atoms with Crippen LogP contribution in [0.25, 0.3) is 11.5 Å². The van der Waals surface area contributed by atoms with E-state index in [1.807, 2.05) is 25.4 Å². The zero-order valence-corrected chi connectivity index (χ0v) is 17.3. The summed E-state index contributed by atoms with van der Waals surface area (Å²) in [4.78, 5) is 11.8. The Balaban J connectivity index is 1.43. The topological polar surface area (TPSA) is 65.6 Å². The van der Waals surface area contributed by atoms with Crippen molar-refractivity contribution in [3.8, 4) is 23.0 Å². The Kier molecular flexibility index (Phi) is 4.72. The van der Waals surface area contributed by atoms with Crippen molar-refractivity contribution < 1.29 is 13.9 Å². The van der Waals surface area contributed by atoms with Crippen molar-refractivity contribution >= 4 is 11.6 Å². The third-order valence-corrected chi connectivity index (χ3v) is 6.02. The zero-order valence-electron chi connectivity index (χ0n) is 16.5. The number of likely N-dealkylation sites (tertiary alicyclic amines) is 1. The monoisotopic (exact) mass is 414 g/mol. The van der Waals surface area contributed by atoms with Crippen molar-refractivity contribution in [3.05, 3.63) is 46.8 Å². The number of nitrogens with zero attached hydrogens (tertiary/aromatic N) is 4. The van der Waals surface area contributed by atoms with Crippen molar-refractivity contribution in [2.45, 2.75) is 38.8 Å². The van der Waals surface area contributed by atoms with Crippen LogP contribution in [0.1, 0.15) is 42.6 Å². The number of oxazole rings is 1. The molecular weight excluding hydrogens is 392 g/mol. The number of imidazole rings is 1. The third kappa shape index (κ3) is 3.38. The van der Waals surface area contributed by atoms with E-state index in [0.29, 0.717) is 28.0 Å². The molecule has 3 aromatic rings. The molecule has 2 aromatic heterocycles. The van der Waals surface area contributed by atoms with Crippen molar-refractivity contribution in [1.29, 1.82) is 0 Å². The van der Waals surface area contributed by atoms with Crippen LogP contribution in [0.4, 0.5) is 0 Å². The van der Waals surface area contributed by atoms with E-state index in [4.69, 9.17) is 30.5 Å². The van der Waals surface area contributed by atoms with Gasteiger partial charge in [-0.05, 0) is 32.4 Å². The first kappa shape index (κ1) is 18.5. The van der Waals surface area contributed by atoms with E-state index in [1.54, 1.807) is 6.07 Å². The fraction of sp³-hybridized carbons (Fsp3) is 0.429. The van der Waals surface area contributed by atoms with Gasteiger partial charge in [-0.25, -0.2) is 9.97 Å². The highest BCUT2D eigenvalue weighted by Crippen LogP contribution is 2.41. The van der Waals surface area contributed by atoms with Gasteiger partial charge in [-0.15, -0.1) is 0 Å². The lowest BCUT2D eigenvalue weighted by molar-refractivity contribution is 0.129. The van der Waals surface area contributed by atoms with Gasteiger partial charge in [-0.3, -0.25) is 4.90 Å². The van der Waals surface area contributed by atoms with Gasteiger partial charge in [-0.2, -0.15) is 0 Å². The first-order valence-corrected chi connectivity index (χ1v) is 10.2. The summed E-state index contributed by atoms with van der Waals surface area (Å²) in [7, 11) is 2.05. The first-order valence-electron chi connectivity index (χ1n) is 9.87. The molecule has 0 spiro atoms. The molecule has 1 atom stereocenters. The molecule has 0 unspecified atom stereocenters. The van der Waals surface area contributed by atoms with Crippen LogP contribution in [0.15, 0.2) is 28.9 Å². The molecule has 0 saturated carbocycles. The second-order valence-electron chi connectivity index (χ2n) is 7.59. The summed E-state index contributed by atoms with van der Waals surface area (Å²) >= 11 is 6.45. The lowest BCUT2D eigenvalue weighted by atomic mass is 10.0. The predicted molar refractivity (Wildman–Crippen MR) is 108 cm³/mol. The number of fused-ring (bicyclic) bond motifs is 1. The normalized spacial score (nSPS) is 19.1. The second kappa shape index (κ2) is 7.39. The van der Waals surface area contributed by atoms with Gasteiger partial charge < -0.3 is 18.5 Å². The van der Waals surface area contributed by atoms with Gasteiger partial charge in [-0.1, -0.05) is 18.0 Å². The highest BCUT2D eigenvalue weighted by Gasteiger charge is 2.29. The lowest BCUT2D eigenvalue weighted by Gasteiger charge is -2.34. The number of benzene rings is 1. The maximum atomic E-state index is 6.45. The van der Waals surface area contributed by atoms with E-state index in [2.05, 4.69) is 21.5 Å². The Hall–Kier alpha value is -2.51. The molecule has 5 rings (SSSR count). The molecule has 8 heteroatoms. The first-order chi connectivity index (χ1) is 14.1. The fourth-order valence-corrected chi connectivity index (χ4v) is 4.37. The molecule has 4 heterocycles. The van der Waals surface area contributed by atoms with Gasteiger partial charge in [0.15, 0.2) is 11.5 Å². The Morgan fingerprint density at radius 2 is 2.03 bits per heavy atom. The summed E-state index contributed by atoms with van der Waals surface area (Å²) in [6, 6.07) is 3.87. The van der Waals surface area contributed by atoms with E-state index < -0.39 is 0 Å². The minimum atomic E-state index is 0.203. The average molecular weight is 415 g/mol. The zero-order chi connectivity index (χ0) is 20.0. The second-order valence-corrected chi connectivity index (χ2v) is 7.99. The smallest absolute Gasteiger partial charge is 0.231 e. The van der Waals surface area contributed by atoms with Crippen LogP contribution >= 0.6 is 11.6 Å². The van der Waals surface area contributed by atoms with E-state index in [1.165, 1.54) is 12.8 Å². The molecule has 0 aliphatic carbocycles. The Morgan fingerprint density at radius 3 is 2.83 bits per heavy atom. The molecule has 2 aliphatic heterocycles. The van der Waals surface area contributed by atoms with E-state index in [-0.39, 0.29) is 12.8 Å². The van der Waals surface area contributed by atoms with E-state index in [9.17, 15) is 0 Å². The Morgan fingerprint density at radius 1 is 1.21 bits per heavy atom. The number of hydrogen-bond acceptors (Lipinski definition) is 6. The maximum absolute atomic E-state index is 6.45. The highest BCUT2D eigenvalue weighted by molar-refractivity contribution is 6.33. The standard InChI is InChI=1S/C21H23ClN4O3/c1-13-16(11-26-7-4-3-5-17(26)20-23-6-8-25(20)2)24-21(29-13)14-9-18-19(10-15(14)22)28-12-27-18/h6,8-10,17H,3-5,7,11-12H2,1-2H3/t17-/m1/s1. The van der Waals surface area contributed by atoms with E-state index >= 15 is 0 Å². The van der Waals surface area contributed by atoms with Crippen molar-refractivity contribution in [2.75, 3.05) is 13.3 Å². The summed E-state index contributed by atoms with van der Waals surface area (Å²) in [6.07, 6.45) is 7.36. The summed E-state index contributed by atoms with van der Waals surface area (Å²) < 4.78 is 19.0. The quantitative estimate of drug-likeness (QED) is 0.626. The highest BCUT2D eigenvalue weighted by atomic mass is 35.5. The number of aromatic nitrogens is 3. The SMILES string of the molecule is Cc1oc(-c2cc3c(cc2Cl)OCO3)nc1CN1CCCC[C@@H]1c1nccn1C. The number of aryl methyl sites for hydroxylation is 2. The van der Waals surface area contributed by atoms with Crippen LogP contribution in [0, 0.1) is 6.92 Å². The molecule has 1 saturated heterocycles. The van der Waals surface area contributed by atoms with Gasteiger partial charge in [0.1, 0.15) is 11.6 Å². The minimum Gasteiger partial charge on any atom is -0.454 e. The molecule has 7 nitrogen and oxygen atoms in total. The van der Waals surface area contributed by atoms with Crippen molar-refractivity contribution in [3.63, 3.8) is 0 Å². The molecule has 1 aromatic carbocycles. The van der Waals surface area contributed by atoms with Crippen LogP contribution in [0.5, 0.6) is 11.5 Å². The van der Waals surface area contributed by atoms with Gasteiger partial charge in [0.05, 0.1) is 22.3 Å². The summed E-state index contributed by atoms with van der Waals surface area (Å²) in [5.74, 6) is 3.72. The largest absolute Gasteiger partial charge is 0.454 e. The lowest BCUT2D eigenvalue weighted by Crippen LogP contribution is -2.34. The molecular formula is C21H23ClN4O3. The van der Waals surface area contributed by atoms with Crippen LogP contribution in [0.2, 0.25) is 5.02 Å². The molecule has 0 amide bonds.